The van der Waals surface area contributed by atoms with E-state index in [0.29, 0.717) is 11.9 Å². The van der Waals surface area contributed by atoms with Crippen molar-refractivity contribution in [2.45, 2.75) is 6.92 Å². The Kier molecular flexibility index (Phi) is 4.83. The van der Waals surface area contributed by atoms with Gasteiger partial charge < -0.3 is 10.6 Å². The number of nitrogens with zero attached hydrogens (tertiary/aromatic N) is 2. The molecule has 0 aliphatic carbocycles. The van der Waals surface area contributed by atoms with Crippen LogP contribution in [0.2, 0.25) is 0 Å². The fourth-order valence-corrected chi connectivity index (χ4v) is 2.22. The number of amides is 1. The Balaban J connectivity index is 1.71. The number of hydrogen-bond donors (Lipinski definition) is 2. The van der Waals surface area contributed by atoms with Gasteiger partial charge in [0.25, 0.3) is 5.91 Å². The van der Waals surface area contributed by atoms with Crippen LogP contribution in [-0.4, -0.2) is 16.1 Å². The van der Waals surface area contributed by atoms with Crippen molar-refractivity contribution in [1.82, 2.24) is 10.2 Å². The van der Waals surface area contributed by atoms with Crippen LogP contribution in [0, 0.1) is 24.4 Å². The molecule has 0 saturated heterocycles. The minimum absolute atomic E-state index is 0.0360. The third-order valence-corrected chi connectivity index (χ3v) is 3.48. The zero-order chi connectivity index (χ0) is 18.7. The molecule has 5 nitrogen and oxygen atoms in total. The number of anilines is 3. The zero-order valence-corrected chi connectivity index (χ0v) is 13.6. The Morgan fingerprint density at radius 2 is 1.65 bits per heavy atom. The van der Waals surface area contributed by atoms with Crippen LogP contribution in [0.5, 0.6) is 0 Å². The summed E-state index contributed by atoms with van der Waals surface area (Å²) in [6.07, 6.45) is 0. The quantitative estimate of drug-likeness (QED) is 0.686. The van der Waals surface area contributed by atoms with E-state index in [-0.39, 0.29) is 5.82 Å². The van der Waals surface area contributed by atoms with Gasteiger partial charge in [0, 0.05) is 5.69 Å². The first-order chi connectivity index (χ1) is 12.4. The van der Waals surface area contributed by atoms with Gasteiger partial charge in [0.15, 0.2) is 29.1 Å². The van der Waals surface area contributed by atoms with Gasteiger partial charge in [-0.1, -0.05) is 12.1 Å². The predicted octanol–water partition coefficient (Wildman–Crippen LogP) is 4.20. The lowest BCUT2D eigenvalue weighted by molar-refractivity contribution is 0.102. The number of aryl methyl sites for hydroxylation is 1. The summed E-state index contributed by atoms with van der Waals surface area (Å²) in [5.74, 6) is -5.13. The number of benzene rings is 2. The molecule has 0 aliphatic rings. The van der Waals surface area contributed by atoms with E-state index < -0.39 is 28.9 Å². The molecule has 0 atom stereocenters. The molecule has 0 unspecified atom stereocenters. The van der Waals surface area contributed by atoms with Crippen molar-refractivity contribution < 1.29 is 18.0 Å². The molecule has 0 saturated carbocycles. The SMILES string of the molecule is Cc1cccc(Nc2ccc(NC(=O)c3ccc(F)c(F)c3F)nn2)c1. The van der Waals surface area contributed by atoms with E-state index in [9.17, 15) is 18.0 Å². The van der Waals surface area contributed by atoms with E-state index in [0.717, 1.165) is 17.3 Å². The standard InChI is InChI=1S/C18H13F3N4O/c1-10-3-2-4-11(9-10)22-14-7-8-15(25-24-14)23-18(26)12-5-6-13(19)17(21)16(12)20/h2-9H,1H3,(H,22,24)(H,23,25,26). The lowest BCUT2D eigenvalue weighted by atomic mass is 10.2. The van der Waals surface area contributed by atoms with E-state index in [1.165, 1.54) is 6.07 Å². The first-order valence-electron chi connectivity index (χ1n) is 7.56. The Morgan fingerprint density at radius 1 is 0.923 bits per heavy atom. The van der Waals surface area contributed by atoms with Gasteiger partial charge in [-0.2, -0.15) is 0 Å². The Hall–Kier alpha value is -3.42. The summed E-state index contributed by atoms with van der Waals surface area (Å²) in [5.41, 5.74) is 1.26. The molecule has 3 rings (SSSR count). The normalized spacial score (nSPS) is 10.5. The number of aromatic nitrogens is 2. The number of carbonyl (C=O) groups excluding carboxylic acids is 1. The molecule has 8 heteroatoms. The van der Waals surface area contributed by atoms with Crippen LogP contribution in [0.4, 0.5) is 30.5 Å². The first kappa shape index (κ1) is 17.4. The minimum atomic E-state index is -1.71. The summed E-state index contributed by atoms with van der Waals surface area (Å²) in [4.78, 5) is 12.0. The summed E-state index contributed by atoms with van der Waals surface area (Å²) in [7, 11) is 0. The highest BCUT2D eigenvalue weighted by molar-refractivity contribution is 6.03. The molecular formula is C18H13F3N4O. The molecular weight excluding hydrogens is 345 g/mol. The fraction of sp³-hybridized carbons (Fsp3) is 0.0556. The van der Waals surface area contributed by atoms with Gasteiger partial charge in [-0.15, -0.1) is 10.2 Å². The molecule has 1 amide bonds. The van der Waals surface area contributed by atoms with Gasteiger partial charge >= 0.3 is 0 Å². The van der Waals surface area contributed by atoms with Crippen molar-refractivity contribution >= 4 is 23.2 Å². The maximum atomic E-state index is 13.6. The van der Waals surface area contributed by atoms with Crippen molar-refractivity contribution in [3.8, 4) is 0 Å². The van der Waals surface area contributed by atoms with Crippen LogP contribution in [0.1, 0.15) is 15.9 Å². The van der Waals surface area contributed by atoms with Gasteiger partial charge in [-0.25, -0.2) is 13.2 Å². The Bertz CT molecular complexity index is 961. The Morgan fingerprint density at radius 3 is 2.35 bits per heavy atom. The highest BCUT2D eigenvalue weighted by Gasteiger charge is 2.19. The highest BCUT2D eigenvalue weighted by Crippen LogP contribution is 2.18. The molecule has 132 valence electrons. The second-order valence-electron chi connectivity index (χ2n) is 5.48. The third-order valence-electron chi connectivity index (χ3n) is 3.48. The topological polar surface area (TPSA) is 66.9 Å². The molecule has 26 heavy (non-hydrogen) atoms. The highest BCUT2D eigenvalue weighted by atomic mass is 19.2. The molecule has 1 heterocycles. The number of nitrogens with one attached hydrogen (secondary N) is 2. The number of halogens is 3. The third kappa shape index (κ3) is 3.80. The predicted molar refractivity (Wildman–Crippen MR) is 90.8 cm³/mol. The van der Waals surface area contributed by atoms with Crippen LogP contribution >= 0.6 is 0 Å². The van der Waals surface area contributed by atoms with Gasteiger partial charge in [-0.3, -0.25) is 4.79 Å². The maximum absolute atomic E-state index is 13.6. The van der Waals surface area contributed by atoms with Crippen molar-refractivity contribution in [1.29, 1.82) is 0 Å². The van der Waals surface area contributed by atoms with Gasteiger partial charge in [0.2, 0.25) is 0 Å². The van der Waals surface area contributed by atoms with Crippen LogP contribution in [-0.2, 0) is 0 Å². The largest absolute Gasteiger partial charge is 0.339 e. The number of carbonyl (C=O) groups is 1. The monoisotopic (exact) mass is 358 g/mol. The molecule has 0 spiro atoms. The van der Waals surface area contributed by atoms with Crippen LogP contribution < -0.4 is 10.6 Å². The first-order valence-corrected chi connectivity index (χ1v) is 7.56. The number of hydrogen-bond acceptors (Lipinski definition) is 4. The van der Waals surface area contributed by atoms with Crippen molar-refractivity contribution in [2.24, 2.45) is 0 Å². The van der Waals surface area contributed by atoms with Crippen LogP contribution in [0.15, 0.2) is 48.5 Å². The average molecular weight is 358 g/mol. The lowest BCUT2D eigenvalue weighted by Gasteiger charge is -2.08. The summed E-state index contributed by atoms with van der Waals surface area (Å²) < 4.78 is 39.8. The van der Waals surface area contributed by atoms with Crippen LogP contribution in [0.3, 0.4) is 0 Å². The molecule has 0 bridgehead atoms. The van der Waals surface area contributed by atoms with Crippen molar-refractivity contribution in [2.75, 3.05) is 10.6 Å². The summed E-state index contributed by atoms with van der Waals surface area (Å²) >= 11 is 0. The molecule has 1 aromatic heterocycles. The molecule has 0 radical (unpaired) electrons. The second kappa shape index (κ2) is 7.22. The molecule has 3 aromatic rings. The molecule has 2 N–H and O–H groups in total. The molecule has 2 aromatic carbocycles. The van der Waals surface area contributed by atoms with Crippen molar-refractivity contribution in [3.63, 3.8) is 0 Å². The maximum Gasteiger partial charge on any atom is 0.259 e. The van der Waals surface area contributed by atoms with Gasteiger partial charge in [-0.05, 0) is 48.9 Å². The smallest absolute Gasteiger partial charge is 0.259 e. The van der Waals surface area contributed by atoms with E-state index >= 15 is 0 Å². The van der Waals surface area contributed by atoms with Crippen molar-refractivity contribution in [3.05, 3.63) is 77.1 Å². The van der Waals surface area contributed by atoms with Gasteiger partial charge in [0.1, 0.15) is 0 Å². The minimum Gasteiger partial charge on any atom is -0.339 e. The summed E-state index contributed by atoms with van der Waals surface area (Å²) in [6, 6.07) is 12.1. The molecule has 0 aliphatic heterocycles. The van der Waals surface area contributed by atoms with E-state index in [1.54, 1.807) is 6.07 Å². The summed E-state index contributed by atoms with van der Waals surface area (Å²) in [5, 5.41) is 13.0. The summed E-state index contributed by atoms with van der Waals surface area (Å²) in [6.45, 7) is 1.95. The zero-order valence-electron chi connectivity index (χ0n) is 13.6. The average Bonchev–Trinajstić information content (AvgIpc) is 2.61. The van der Waals surface area contributed by atoms with E-state index in [4.69, 9.17) is 0 Å². The number of rotatable bonds is 4. The fourth-order valence-electron chi connectivity index (χ4n) is 2.22. The van der Waals surface area contributed by atoms with E-state index in [1.807, 2.05) is 31.2 Å². The van der Waals surface area contributed by atoms with Crippen LogP contribution in [0.25, 0.3) is 0 Å². The Labute approximate surface area is 146 Å². The van der Waals surface area contributed by atoms with Gasteiger partial charge in [0.05, 0.1) is 5.56 Å². The second-order valence-corrected chi connectivity index (χ2v) is 5.48. The lowest BCUT2D eigenvalue weighted by Crippen LogP contribution is -2.16. The van der Waals surface area contributed by atoms with E-state index in [2.05, 4.69) is 20.8 Å². The molecule has 0 fully saturated rings.